The maximum atomic E-state index is 11.9. The molecule has 0 fully saturated rings. The number of nitrogens with one attached hydrogen (secondary N) is 1. The SMILES string of the molecule is COCCOCC(=O)Nc1cc(C)nn1-c1ccc([N+](=O)[O-])cc1. The van der Waals surface area contributed by atoms with Crippen molar-refractivity contribution in [1.82, 2.24) is 9.78 Å². The number of rotatable bonds is 8. The maximum absolute atomic E-state index is 11.9. The van der Waals surface area contributed by atoms with E-state index < -0.39 is 4.92 Å². The van der Waals surface area contributed by atoms with E-state index in [1.165, 1.54) is 16.8 Å². The average Bonchev–Trinajstić information content (AvgIpc) is 2.92. The molecule has 0 aliphatic rings. The fourth-order valence-electron chi connectivity index (χ4n) is 1.99. The Kier molecular flexibility index (Phi) is 5.99. The van der Waals surface area contributed by atoms with E-state index in [4.69, 9.17) is 9.47 Å². The van der Waals surface area contributed by atoms with Crippen molar-refractivity contribution in [3.8, 4) is 5.69 Å². The minimum Gasteiger partial charge on any atom is -0.382 e. The van der Waals surface area contributed by atoms with Crippen molar-refractivity contribution in [1.29, 1.82) is 0 Å². The number of carbonyl (C=O) groups excluding carboxylic acids is 1. The van der Waals surface area contributed by atoms with Crippen molar-refractivity contribution in [3.05, 3.63) is 46.1 Å². The molecule has 1 heterocycles. The molecule has 0 unspecified atom stereocenters. The lowest BCUT2D eigenvalue weighted by molar-refractivity contribution is -0.384. The molecule has 9 heteroatoms. The number of aryl methyl sites for hydroxylation is 1. The highest BCUT2D eigenvalue weighted by atomic mass is 16.6. The summed E-state index contributed by atoms with van der Waals surface area (Å²) in [6.45, 7) is 2.41. The quantitative estimate of drug-likeness (QED) is 0.447. The Morgan fingerprint density at radius 3 is 2.67 bits per heavy atom. The van der Waals surface area contributed by atoms with E-state index in [2.05, 4.69) is 10.4 Å². The van der Waals surface area contributed by atoms with Crippen LogP contribution in [0.5, 0.6) is 0 Å². The van der Waals surface area contributed by atoms with Crippen LogP contribution in [0, 0.1) is 17.0 Å². The highest BCUT2D eigenvalue weighted by Crippen LogP contribution is 2.20. The molecule has 9 nitrogen and oxygen atoms in total. The highest BCUT2D eigenvalue weighted by Gasteiger charge is 2.12. The summed E-state index contributed by atoms with van der Waals surface area (Å²) in [5, 5.41) is 17.7. The van der Waals surface area contributed by atoms with E-state index >= 15 is 0 Å². The zero-order valence-corrected chi connectivity index (χ0v) is 13.4. The summed E-state index contributed by atoms with van der Waals surface area (Å²) in [4.78, 5) is 22.1. The van der Waals surface area contributed by atoms with Crippen LogP contribution in [-0.4, -0.2) is 47.5 Å². The minimum absolute atomic E-state index is 0.0141. The highest BCUT2D eigenvalue weighted by molar-refractivity contribution is 5.91. The van der Waals surface area contributed by atoms with Gasteiger partial charge in [-0.3, -0.25) is 14.9 Å². The standard InChI is InChI=1S/C15H18N4O5/c1-11-9-14(16-15(20)10-24-8-7-23-2)18(17-11)12-3-5-13(6-4-12)19(21)22/h3-6,9H,7-8,10H2,1-2H3,(H,16,20). The van der Waals surface area contributed by atoms with Crippen molar-refractivity contribution in [2.75, 3.05) is 32.2 Å². The smallest absolute Gasteiger partial charge is 0.269 e. The number of anilines is 1. The van der Waals surface area contributed by atoms with E-state index in [-0.39, 0.29) is 18.2 Å². The molecule has 0 radical (unpaired) electrons. The zero-order valence-electron chi connectivity index (χ0n) is 13.4. The Hall–Kier alpha value is -2.78. The van der Waals surface area contributed by atoms with Gasteiger partial charge in [-0.15, -0.1) is 0 Å². The van der Waals surface area contributed by atoms with Crippen LogP contribution in [-0.2, 0) is 14.3 Å². The second-order valence-electron chi connectivity index (χ2n) is 4.95. The molecule has 1 N–H and O–H groups in total. The molecule has 0 aliphatic carbocycles. The summed E-state index contributed by atoms with van der Waals surface area (Å²) in [5.74, 6) is 0.135. The number of nitro benzene ring substituents is 1. The van der Waals surface area contributed by atoms with Crippen LogP contribution < -0.4 is 5.32 Å². The first kappa shape index (κ1) is 17.6. The number of aromatic nitrogens is 2. The Morgan fingerprint density at radius 2 is 2.04 bits per heavy atom. The monoisotopic (exact) mass is 334 g/mol. The lowest BCUT2D eigenvalue weighted by Crippen LogP contribution is -2.21. The van der Waals surface area contributed by atoms with Gasteiger partial charge in [-0.05, 0) is 19.1 Å². The normalized spacial score (nSPS) is 10.6. The van der Waals surface area contributed by atoms with Crippen LogP contribution in [0.2, 0.25) is 0 Å². The minimum atomic E-state index is -0.474. The van der Waals surface area contributed by atoms with Gasteiger partial charge in [-0.2, -0.15) is 5.10 Å². The molecule has 1 aromatic heterocycles. The number of methoxy groups -OCH3 is 1. The summed E-state index contributed by atoms with van der Waals surface area (Å²) in [6, 6.07) is 7.59. The van der Waals surface area contributed by atoms with E-state index in [1.807, 2.05) is 0 Å². The molecule has 0 saturated heterocycles. The van der Waals surface area contributed by atoms with Gasteiger partial charge in [-0.25, -0.2) is 4.68 Å². The first-order valence-corrected chi connectivity index (χ1v) is 7.19. The van der Waals surface area contributed by atoms with Gasteiger partial charge in [-0.1, -0.05) is 0 Å². The number of non-ortho nitro benzene ring substituents is 1. The van der Waals surface area contributed by atoms with Crippen LogP contribution in [0.1, 0.15) is 5.69 Å². The summed E-state index contributed by atoms with van der Waals surface area (Å²) in [6.07, 6.45) is 0. The third-order valence-corrected chi connectivity index (χ3v) is 3.07. The summed E-state index contributed by atoms with van der Waals surface area (Å²) in [5.41, 5.74) is 1.29. The molecule has 1 amide bonds. The molecule has 0 saturated carbocycles. The molecular weight excluding hydrogens is 316 g/mol. The summed E-state index contributed by atoms with van der Waals surface area (Å²) in [7, 11) is 1.55. The maximum Gasteiger partial charge on any atom is 0.269 e. The number of ether oxygens (including phenoxy) is 2. The first-order chi connectivity index (χ1) is 11.5. The number of hydrogen-bond donors (Lipinski definition) is 1. The third kappa shape index (κ3) is 4.61. The topological polar surface area (TPSA) is 109 Å². The molecule has 0 atom stereocenters. The number of hydrogen-bond acceptors (Lipinski definition) is 6. The average molecular weight is 334 g/mol. The molecule has 0 bridgehead atoms. The van der Waals surface area contributed by atoms with Gasteiger partial charge in [0, 0.05) is 25.3 Å². The van der Waals surface area contributed by atoms with Gasteiger partial charge in [0.1, 0.15) is 12.4 Å². The molecule has 2 rings (SSSR count). The number of carbonyl (C=O) groups is 1. The molecule has 0 aliphatic heterocycles. The van der Waals surface area contributed by atoms with Gasteiger partial charge in [0.25, 0.3) is 11.6 Å². The van der Waals surface area contributed by atoms with Crippen molar-refractivity contribution in [2.45, 2.75) is 6.92 Å². The molecule has 2 aromatic rings. The second-order valence-corrected chi connectivity index (χ2v) is 4.95. The molecular formula is C15H18N4O5. The first-order valence-electron chi connectivity index (χ1n) is 7.19. The third-order valence-electron chi connectivity index (χ3n) is 3.07. The summed E-state index contributed by atoms with van der Waals surface area (Å²) >= 11 is 0. The van der Waals surface area contributed by atoms with Crippen LogP contribution in [0.3, 0.4) is 0 Å². The fraction of sp³-hybridized carbons (Fsp3) is 0.333. The number of nitrogens with zero attached hydrogens (tertiary/aromatic N) is 3. The van der Waals surface area contributed by atoms with Crippen molar-refractivity contribution < 1.29 is 19.2 Å². The number of benzene rings is 1. The number of amides is 1. The van der Waals surface area contributed by atoms with Crippen molar-refractivity contribution >= 4 is 17.4 Å². The molecule has 128 valence electrons. The van der Waals surface area contributed by atoms with Crippen LogP contribution >= 0.6 is 0 Å². The predicted octanol–water partition coefficient (Wildman–Crippen LogP) is 1.69. The molecule has 1 aromatic carbocycles. The lowest BCUT2D eigenvalue weighted by Gasteiger charge is -2.09. The van der Waals surface area contributed by atoms with Gasteiger partial charge in [0.15, 0.2) is 0 Å². The van der Waals surface area contributed by atoms with Gasteiger partial charge >= 0.3 is 0 Å². The fourth-order valence-corrected chi connectivity index (χ4v) is 1.99. The van der Waals surface area contributed by atoms with E-state index in [1.54, 1.807) is 32.2 Å². The molecule has 24 heavy (non-hydrogen) atoms. The van der Waals surface area contributed by atoms with Gasteiger partial charge in [0.2, 0.25) is 0 Å². The largest absolute Gasteiger partial charge is 0.382 e. The van der Waals surface area contributed by atoms with Gasteiger partial charge in [0.05, 0.1) is 29.5 Å². The Balaban J connectivity index is 2.09. The molecule has 0 spiro atoms. The predicted molar refractivity (Wildman–Crippen MR) is 86.3 cm³/mol. The van der Waals surface area contributed by atoms with E-state index in [0.29, 0.717) is 30.4 Å². The lowest BCUT2D eigenvalue weighted by atomic mass is 10.3. The Morgan fingerprint density at radius 1 is 1.33 bits per heavy atom. The van der Waals surface area contributed by atoms with Crippen molar-refractivity contribution in [3.63, 3.8) is 0 Å². The van der Waals surface area contributed by atoms with Crippen LogP contribution in [0.4, 0.5) is 11.5 Å². The second kappa shape index (κ2) is 8.18. The van der Waals surface area contributed by atoms with Crippen molar-refractivity contribution in [2.24, 2.45) is 0 Å². The Bertz CT molecular complexity index is 711. The van der Waals surface area contributed by atoms with Gasteiger partial charge < -0.3 is 14.8 Å². The number of nitro groups is 1. The Labute approximate surface area is 138 Å². The van der Waals surface area contributed by atoms with Crippen LogP contribution in [0.15, 0.2) is 30.3 Å². The zero-order chi connectivity index (χ0) is 17.5. The van der Waals surface area contributed by atoms with Crippen LogP contribution in [0.25, 0.3) is 5.69 Å². The van der Waals surface area contributed by atoms with E-state index in [0.717, 1.165) is 0 Å². The summed E-state index contributed by atoms with van der Waals surface area (Å²) < 4.78 is 11.5. The van der Waals surface area contributed by atoms with E-state index in [9.17, 15) is 14.9 Å².